The maximum atomic E-state index is 11.8. The van der Waals surface area contributed by atoms with Gasteiger partial charge in [0, 0.05) is 25.8 Å². The van der Waals surface area contributed by atoms with E-state index in [0.717, 1.165) is 17.1 Å². The number of hydrogen-bond donors (Lipinski definition) is 2. The summed E-state index contributed by atoms with van der Waals surface area (Å²) in [6, 6.07) is 5.74. The van der Waals surface area contributed by atoms with Crippen LogP contribution < -0.4 is 11.1 Å². The van der Waals surface area contributed by atoms with Gasteiger partial charge in [0.25, 0.3) is 5.91 Å². The summed E-state index contributed by atoms with van der Waals surface area (Å²) in [5.41, 5.74) is 6.39. The number of amides is 1. The first-order chi connectivity index (χ1) is 8.76. The molecular formula is C12H16N4OS. The summed E-state index contributed by atoms with van der Waals surface area (Å²) in [5.74, 6) is -0.0701. The number of aromatic nitrogens is 2. The van der Waals surface area contributed by atoms with E-state index in [9.17, 15) is 4.79 Å². The summed E-state index contributed by atoms with van der Waals surface area (Å²) in [7, 11) is 0. The molecule has 96 valence electrons. The monoisotopic (exact) mass is 264 g/mol. The standard InChI is InChI=1S/C12H16N4OS/c1-2-16-9(5-7-15-16)10-3-4-11(18-10)12(17)14-8-6-13/h3-5,7H,2,6,8,13H2,1H3,(H,14,17). The summed E-state index contributed by atoms with van der Waals surface area (Å²) in [5, 5.41) is 6.98. The number of carbonyl (C=O) groups is 1. The lowest BCUT2D eigenvalue weighted by Gasteiger charge is -2.01. The normalized spacial score (nSPS) is 10.6. The summed E-state index contributed by atoms with van der Waals surface area (Å²) < 4.78 is 1.91. The molecule has 3 N–H and O–H groups in total. The number of hydrogen-bond acceptors (Lipinski definition) is 4. The minimum atomic E-state index is -0.0701. The molecule has 2 aromatic heterocycles. The van der Waals surface area contributed by atoms with Crippen molar-refractivity contribution in [3.8, 4) is 10.6 Å². The van der Waals surface area contributed by atoms with Gasteiger partial charge in [-0.05, 0) is 25.1 Å². The first-order valence-corrected chi connectivity index (χ1v) is 6.68. The van der Waals surface area contributed by atoms with Gasteiger partial charge in [0.1, 0.15) is 0 Å². The number of aryl methyl sites for hydroxylation is 1. The van der Waals surface area contributed by atoms with Crippen molar-refractivity contribution in [1.82, 2.24) is 15.1 Å². The SMILES string of the molecule is CCn1nccc1-c1ccc(C(=O)NCCN)s1. The van der Waals surface area contributed by atoms with Gasteiger partial charge in [-0.15, -0.1) is 11.3 Å². The molecule has 0 aliphatic rings. The lowest BCUT2D eigenvalue weighted by Crippen LogP contribution is -2.28. The van der Waals surface area contributed by atoms with Gasteiger partial charge in [-0.25, -0.2) is 0 Å². The van der Waals surface area contributed by atoms with E-state index in [1.807, 2.05) is 29.8 Å². The summed E-state index contributed by atoms with van der Waals surface area (Å²) in [6.07, 6.45) is 1.77. The third kappa shape index (κ3) is 2.60. The number of nitrogens with two attached hydrogens (primary N) is 1. The van der Waals surface area contributed by atoms with Crippen LogP contribution in [0.25, 0.3) is 10.6 Å². The number of nitrogens with one attached hydrogen (secondary N) is 1. The molecule has 0 saturated carbocycles. The van der Waals surface area contributed by atoms with Crippen LogP contribution >= 0.6 is 11.3 Å². The Balaban J connectivity index is 2.18. The van der Waals surface area contributed by atoms with E-state index in [4.69, 9.17) is 5.73 Å². The van der Waals surface area contributed by atoms with E-state index in [2.05, 4.69) is 10.4 Å². The van der Waals surface area contributed by atoms with Crippen molar-refractivity contribution in [1.29, 1.82) is 0 Å². The van der Waals surface area contributed by atoms with Gasteiger partial charge in [0.2, 0.25) is 0 Å². The molecule has 0 fully saturated rings. The summed E-state index contributed by atoms with van der Waals surface area (Å²) in [4.78, 5) is 13.5. The zero-order valence-corrected chi connectivity index (χ0v) is 11.0. The minimum Gasteiger partial charge on any atom is -0.350 e. The molecule has 0 radical (unpaired) electrons. The lowest BCUT2D eigenvalue weighted by atomic mass is 10.3. The molecule has 18 heavy (non-hydrogen) atoms. The predicted octanol–water partition coefficient (Wildman–Crippen LogP) is 1.32. The fourth-order valence-corrected chi connectivity index (χ4v) is 2.62. The molecule has 0 atom stereocenters. The Labute approximate surface area is 110 Å². The summed E-state index contributed by atoms with van der Waals surface area (Å²) >= 11 is 1.46. The Morgan fingerprint density at radius 1 is 1.50 bits per heavy atom. The first kappa shape index (κ1) is 12.8. The highest BCUT2D eigenvalue weighted by atomic mass is 32.1. The van der Waals surface area contributed by atoms with Crippen molar-refractivity contribution < 1.29 is 4.79 Å². The van der Waals surface area contributed by atoms with Crippen molar-refractivity contribution in [3.05, 3.63) is 29.3 Å². The Bertz CT molecular complexity index is 532. The van der Waals surface area contributed by atoms with Crippen molar-refractivity contribution >= 4 is 17.2 Å². The highest BCUT2D eigenvalue weighted by Gasteiger charge is 2.11. The third-order valence-electron chi connectivity index (χ3n) is 2.53. The maximum Gasteiger partial charge on any atom is 0.261 e. The quantitative estimate of drug-likeness (QED) is 0.855. The molecule has 0 aromatic carbocycles. The van der Waals surface area contributed by atoms with E-state index in [1.165, 1.54) is 11.3 Å². The molecule has 2 heterocycles. The van der Waals surface area contributed by atoms with E-state index >= 15 is 0 Å². The summed E-state index contributed by atoms with van der Waals surface area (Å²) in [6.45, 7) is 3.81. The van der Waals surface area contributed by atoms with Crippen LogP contribution in [-0.4, -0.2) is 28.8 Å². The molecule has 6 heteroatoms. The van der Waals surface area contributed by atoms with Crippen LogP contribution in [0.5, 0.6) is 0 Å². The highest BCUT2D eigenvalue weighted by molar-refractivity contribution is 7.17. The lowest BCUT2D eigenvalue weighted by molar-refractivity contribution is 0.0959. The number of rotatable bonds is 5. The molecule has 0 unspecified atom stereocenters. The number of carbonyl (C=O) groups excluding carboxylic acids is 1. The van der Waals surface area contributed by atoms with E-state index in [1.54, 1.807) is 6.20 Å². The van der Waals surface area contributed by atoms with Crippen LogP contribution in [0.1, 0.15) is 16.6 Å². The van der Waals surface area contributed by atoms with Gasteiger partial charge >= 0.3 is 0 Å². The van der Waals surface area contributed by atoms with E-state index < -0.39 is 0 Å². The van der Waals surface area contributed by atoms with Gasteiger partial charge in [0.05, 0.1) is 15.4 Å². The molecule has 0 bridgehead atoms. The molecule has 0 aliphatic carbocycles. The highest BCUT2D eigenvalue weighted by Crippen LogP contribution is 2.27. The Morgan fingerprint density at radius 2 is 2.33 bits per heavy atom. The largest absolute Gasteiger partial charge is 0.350 e. The molecule has 2 aromatic rings. The maximum absolute atomic E-state index is 11.8. The number of nitrogens with zero attached hydrogens (tertiary/aromatic N) is 2. The van der Waals surface area contributed by atoms with Crippen LogP contribution in [-0.2, 0) is 6.54 Å². The van der Waals surface area contributed by atoms with E-state index in [-0.39, 0.29) is 5.91 Å². The molecule has 0 spiro atoms. The van der Waals surface area contributed by atoms with Gasteiger partial charge in [-0.3, -0.25) is 9.48 Å². The Morgan fingerprint density at radius 3 is 3.06 bits per heavy atom. The van der Waals surface area contributed by atoms with Crippen molar-refractivity contribution in [2.24, 2.45) is 5.73 Å². The van der Waals surface area contributed by atoms with E-state index in [0.29, 0.717) is 18.0 Å². The molecule has 0 aliphatic heterocycles. The zero-order chi connectivity index (χ0) is 13.0. The van der Waals surface area contributed by atoms with Gasteiger partial charge in [0.15, 0.2) is 0 Å². The van der Waals surface area contributed by atoms with Gasteiger partial charge in [-0.1, -0.05) is 0 Å². The average molecular weight is 264 g/mol. The third-order valence-corrected chi connectivity index (χ3v) is 3.63. The van der Waals surface area contributed by atoms with Crippen molar-refractivity contribution in [2.75, 3.05) is 13.1 Å². The molecule has 2 rings (SSSR count). The Hall–Kier alpha value is -1.66. The zero-order valence-electron chi connectivity index (χ0n) is 10.2. The van der Waals surface area contributed by atoms with Crippen molar-refractivity contribution in [2.45, 2.75) is 13.5 Å². The molecule has 0 saturated heterocycles. The molecular weight excluding hydrogens is 248 g/mol. The van der Waals surface area contributed by atoms with Gasteiger partial charge in [-0.2, -0.15) is 5.10 Å². The van der Waals surface area contributed by atoms with Gasteiger partial charge < -0.3 is 11.1 Å². The second-order valence-corrected chi connectivity index (χ2v) is 4.82. The van der Waals surface area contributed by atoms with Crippen molar-refractivity contribution in [3.63, 3.8) is 0 Å². The molecule has 5 nitrogen and oxygen atoms in total. The first-order valence-electron chi connectivity index (χ1n) is 5.86. The smallest absolute Gasteiger partial charge is 0.261 e. The van der Waals surface area contributed by atoms with Crippen LogP contribution in [0, 0.1) is 0 Å². The van der Waals surface area contributed by atoms with Crippen LogP contribution in [0.2, 0.25) is 0 Å². The average Bonchev–Trinajstić information content (AvgIpc) is 3.02. The minimum absolute atomic E-state index is 0.0701. The van der Waals surface area contributed by atoms with Crippen LogP contribution in [0.3, 0.4) is 0 Å². The Kier molecular flexibility index (Phi) is 4.11. The predicted molar refractivity (Wildman–Crippen MR) is 72.6 cm³/mol. The topological polar surface area (TPSA) is 72.9 Å². The second kappa shape index (κ2) is 5.79. The number of thiophene rings is 1. The van der Waals surface area contributed by atoms with Crippen LogP contribution in [0.15, 0.2) is 24.4 Å². The fourth-order valence-electron chi connectivity index (χ4n) is 1.66. The molecule has 1 amide bonds. The fraction of sp³-hybridized carbons (Fsp3) is 0.333. The second-order valence-electron chi connectivity index (χ2n) is 3.74. The van der Waals surface area contributed by atoms with Crippen LogP contribution in [0.4, 0.5) is 0 Å².